The number of urea groups is 1. The van der Waals surface area contributed by atoms with Crippen molar-refractivity contribution < 1.29 is 9.59 Å². The molecular weight excluding hydrogens is 368 g/mol. The van der Waals surface area contributed by atoms with E-state index >= 15 is 0 Å². The maximum atomic E-state index is 12.5. The quantitative estimate of drug-likeness (QED) is 0.585. The zero-order chi connectivity index (χ0) is 18.5. The van der Waals surface area contributed by atoms with Crippen LogP contribution in [0.2, 0.25) is 5.02 Å². The Bertz CT molecular complexity index is 930. The Morgan fingerprint density at radius 3 is 2.15 bits per heavy atom. The Balaban J connectivity index is 1.71. The second-order valence-electron chi connectivity index (χ2n) is 5.50. The molecule has 0 spiro atoms. The summed E-state index contributed by atoms with van der Waals surface area (Å²) >= 11 is 9.90. The zero-order valence-electron chi connectivity index (χ0n) is 13.6. The van der Waals surface area contributed by atoms with E-state index < -0.39 is 11.9 Å². The molecule has 0 aliphatic carbocycles. The van der Waals surface area contributed by atoms with Crippen molar-refractivity contribution in [3.05, 3.63) is 89.4 Å². The van der Waals surface area contributed by atoms with Crippen LogP contribution in [0.4, 0.5) is 10.5 Å². The summed E-state index contributed by atoms with van der Waals surface area (Å²) in [5.41, 5.74) is 2.87. The van der Waals surface area contributed by atoms with Crippen molar-refractivity contribution in [2.75, 3.05) is 5.32 Å². The zero-order valence-corrected chi connectivity index (χ0v) is 15.2. The van der Waals surface area contributed by atoms with Gasteiger partial charge in [0.15, 0.2) is 0 Å². The number of anilines is 1. The number of halogens is 1. The van der Waals surface area contributed by atoms with E-state index in [1.807, 2.05) is 42.5 Å². The number of carbonyl (C=O) groups is 2. The van der Waals surface area contributed by atoms with Gasteiger partial charge in [0.2, 0.25) is 0 Å². The van der Waals surface area contributed by atoms with E-state index in [9.17, 15) is 9.59 Å². The van der Waals surface area contributed by atoms with Crippen LogP contribution >= 0.6 is 24.4 Å². The fraction of sp³-hybridized carbons (Fsp3) is 0. The van der Waals surface area contributed by atoms with Crippen molar-refractivity contribution >= 4 is 42.0 Å². The number of hydrogen-bond donors (Lipinski definition) is 2. The lowest BCUT2D eigenvalue weighted by molar-refractivity contribution is 0.0902. The highest BCUT2D eigenvalue weighted by atomic mass is 35.5. The fourth-order valence-electron chi connectivity index (χ4n) is 2.39. The third-order valence-corrected chi connectivity index (χ3v) is 4.30. The Morgan fingerprint density at radius 1 is 0.846 bits per heavy atom. The molecule has 3 aromatic carbocycles. The summed E-state index contributed by atoms with van der Waals surface area (Å²) in [6, 6.07) is 22.8. The number of imide groups is 1. The van der Waals surface area contributed by atoms with E-state index in [0.717, 1.165) is 15.4 Å². The van der Waals surface area contributed by atoms with Crippen LogP contribution in [0.5, 0.6) is 0 Å². The molecule has 3 rings (SSSR count). The molecule has 26 heavy (non-hydrogen) atoms. The van der Waals surface area contributed by atoms with E-state index in [1.54, 1.807) is 36.4 Å². The first-order chi connectivity index (χ1) is 12.5. The summed E-state index contributed by atoms with van der Waals surface area (Å²) in [6.45, 7) is 0. The number of carbonyl (C=O) groups excluding carboxylic acids is 2. The van der Waals surface area contributed by atoms with Crippen LogP contribution < -0.4 is 5.32 Å². The summed E-state index contributed by atoms with van der Waals surface area (Å²) in [5.74, 6) is -0.521. The lowest BCUT2D eigenvalue weighted by atomic mass is 10.0. The van der Waals surface area contributed by atoms with Gasteiger partial charge >= 0.3 is 6.03 Å². The van der Waals surface area contributed by atoms with Gasteiger partial charge in [0.05, 0.1) is 0 Å². The van der Waals surface area contributed by atoms with Crippen LogP contribution in [-0.2, 0) is 0 Å². The van der Waals surface area contributed by atoms with Crippen molar-refractivity contribution in [2.45, 2.75) is 0 Å². The minimum atomic E-state index is -0.660. The topological polar surface area (TPSA) is 49.4 Å². The molecule has 0 saturated heterocycles. The molecule has 0 aliphatic rings. The van der Waals surface area contributed by atoms with Gasteiger partial charge in [0, 0.05) is 16.3 Å². The van der Waals surface area contributed by atoms with Crippen LogP contribution in [0.3, 0.4) is 0 Å². The number of amides is 3. The molecule has 3 amide bonds. The average molecular weight is 383 g/mol. The van der Waals surface area contributed by atoms with Gasteiger partial charge in [-0.15, -0.1) is 0 Å². The lowest BCUT2D eigenvalue weighted by Crippen LogP contribution is -2.32. The third kappa shape index (κ3) is 4.25. The van der Waals surface area contributed by atoms with Crippen molar-refractivity contribution in [1.29, 1.82) is 0 Å². The van der Waals surface area contributed by atoms with Gasteiger partial charge in [0.25, 0.3) is 5.91 Å². The fourth-order valence-corrected chi connectivity index (χ4v) is 2.75. The maximum absolute atomic E-state index is 12.5. The molecule has 6 heteroatoms. The Morgan fingerprint density at radius 2 is 1.50 bits per heavy atom. The molecule has 4 nitrogen and oxygen atoms in total. The SMILES string of the molecule is O=C(Nc1cccc(Cl)c1)N(S)C(=O)c1ccc(-c2ccccc2)cc1. The highest BCUT2D eigenvalue weighted by Crippen LogP contribution is 2.21. The van der Waals surface area contributed by atoms with Crippen LogP contribution in [0, 0.1) is 0 Å². The first kappa shape index (κ1) is 18.0. The molecule has 0 bridgehead atoms. The highest BCUT2D eigenvalue weighted by molar-refractivity contribution is 7.79. The molecule has 130 valence electrons. The second-order valence-corrected chi connectivity index (χ2v) is 6.34. The van der Waals surface area contributed by atoms with Crippen molar-refractivity contribution in [2.24, 2.45) is 0 Å². The molecule has 0 aromatic heterocycles. The van der Waals surface area contributed by atoms with Gasteiger partial charge in [-0.25, -0.2) is 9.10 Å². The third-order valence-electron chi connectivity index (χ3n) is 3.70. The maximum Gasteiger partial charge on any atom is 0.338 e. The predicted molar refractivity (Wildman–Crippen MR) is 108 cm³/mol. The van der Waals surface area contributed by atoms with Crippen LogP contribution in [0.1, 0.15) is 10.4 Å². The summed E-state index contributed by atoms with van der Waals surface area (Å²) in [7, 11) is 0. The van der Waals surface area contributed by atoms with Gasteiger partial charge in [-0.1, -0.05) is 72.9 Å². The number of rotatable bonds is 3. The van der Waals surface area contributed by atoms with E-state index in [-0.39, 0.29) is 0 Å². The number of nitrogens with one attached hydrogen (secondary N) is 1. The van der Waals surface area contributed by atoms with E-state index in [4.69, 9.17) is 11.6 Å². The minimum absolute atomic E-state index is 0.362. The van der Waals surface area contributed by atoms with E-state index in [2.05, 4.69) is 18.1 Å². The molecule has 0 atom stereocenters. The molecule has 0 saturated carbocycles. The first-order valence-corrected chi connectivity index (χ1v) is 8.58. The normalized spacial score (nSPS) is 10.2. The highest BCUT2D eigenvalue weighted by Gasteiger charge is 2.20. The van der Waals surface area contributed by atoms with Gasteiger partial charge in [-0.05, 0) is 41.5 Å². The Hall–Kier alpha value is -2.76. The summed E-state index contributed by atoms with van der Waals surface area (Å²) in [6.07, 6.45) is 0. The molecule has 0 fully saturated rings. The molecule has 0 heterocycles. The molecule has 3 aromatic rings. The monoisotopic (exact) mass is 382 g/mol. The number of benzene rings is 3. The Labute approximate surface area is 162 Å². The molecule has 1 N–H and O–H groups in total. The van der Waals surface area contributed by atoms with Crippen LogP contribution in [0.15, 0.2) is 78.9 Å². The van der Waals surface area contributed by atoms with Gasteiger partial charge in [-0.3, -0.25) is 4.79 Å². The smallest absolute Gasteiger partial charge is 0.307 e. The number of hydrogen-bond acceptors (Lipinski definition) is 3. The molecule has 0 radical (unpaired) electrons. The van der Waals surface area contributed by atoms with Gasteiger partial charge in [0.1, 0.15) is 0 Å². The Kier molecular flexibility index (Phi) is 5.61. The van der Waals surface area contributed by atoms with Crippen molar-refractivity contribution in [3.63, 3.8) is 0 Å². The van der Waals surface area contributed by atoms with Gasteiger partial charge < -0.3 is 5.32 Å². The standard InChI is InChI=1S/C20H15ClN2O2S/c21-17-7-4-8-18(13-17)22-20(25)23(26)19(24)16-11-9-15(10-12-16)14-5-2-1-3-6-14/h1-13,26H,(H,22,25). The second kappa shape index (κ2) is 8.08. The summed E-state index contributed by atoms with van der Waals surface area (Å²) in [4.78, 5) is 24.7. The summed E-state index contributed by atoms with van der Waals surface area (Å²) < 4.78 is 0.735. The van der Waals surface area contributed by atoms with E-state index in [0.29, 0.717) is 16.3 Å². The van der Waals surface area contributed by atoms with Crippen LogP contribution in [0.25, 0.3) is 11.1 Å². The largest absolute Gasteiger partial charge is 0.338 e. The number of thiol groups is 1. The van der Waals surface area contributed by atoms with E-state index in [1.165, 1.54) is 0 Å². The minimum Gasteiger partial charge on any atom is -0.307 e. The number of nitrogens with zero attached hydrogens (tertiary/aromatic N) is 1. The summed E-state index contributed by atoms with van der Waals surface area (Å²) in [5, 5.41) is 3.06. The molecule has 0 aliphatic heterocycles. The van der Waals surface area contributed by atoms with Crippen molar-refractivity contribution in [3.8, 4) is 11.1 Å². The predicted octanol–water partition coefficient (Wildman–Crippen LogP) is 5.53. The van der Waals surface area contributed by atoms with Gasteiger partial charge in [-0.2, -0.15) is 0 Å². The molecular formula is C20H15ClN2O2S. The van der Waals surface area contributed by atoms with Crippen LogP contribution in [-0.4, -0.2) is 16.2 Å². The first-order valence-electron chi connectivity index (χ1n) is 7.80. The lowest BCUT2D eigenvalue weighted by Gasteiger charge is -2.15. The molecule has 0 unspecified atom stereocenters. The van der Waals surface area contributed by atoms with Crippen molar-refractivity contribution in [1.82, 2.24) is 4.31 Å². The average Bonchev–Trinajstić information content (AvgIpc) is 2.67.